The summed E-state index contributed by atoms with van der Waals surface area (Å²) in [7, 11) is 0. The maximum Gasteiger partial charge on any atom is 0.327 e. The summed E-state index contributed by atoms with van der Waals surface area (Å²) >= 11 is 0. The van der Waals surface area contributed by atoms with Crippen molar-refractivity contribution in [2.75, 3.05) is 13.1 Å². The number of rotatable bonds is 3. The molecule has 0 unspecified atom stereocenters. The van der Waals surface area contributed by atoms with Gasteiger partial charge in [-0.25, -0.2) is 19.3 Å². The second-order valence-corrected chi connectivity index (χ2v) is 7.27. The minimum atomic E-state index is -0.238. The Hall–Kier alpha value is -4.00. The number of hydrogen-bond acceptors (Lipinski definition) is 6. The number of likely N-dealkylation sites (tertiary alicyclic amines) is 1. The van der Waals surface area contributed by atoms with Crippen LogP contribution in [0.2, 0.25) is 0 Å². The van der Waals surface area contributed by atoms with Crippen LogP contribution in [0, 0.1) is 11.3 Å². The van der Waals surface area contributed by atoms with Gasteiger partial charge < -0.3 is 9.88 Å². The van der Waals surface area contributed by atoms with Crippen LogP contribution < -0.4 is 5.69 Å². The fraction of sp³-hybridized carbons (Fsp3) is 0.300. The van der Waals surface area contributed by atoms with Crippen LogP contribution in [0.5, 0.6) is 0 Å². The molecule has 150 valence electrons. The van der Waals surface area contributed by atoms with Crippen molar-refractivity contribution in [3.8, 4) is 17.5 Å². The smallest absolute Gasteiger partial charge is 0.327 e. The highest BCUT2D eigenvalue weighted by molar-refractivity contribution is 5.80. The third-order valence-electron chi connectivity index (χ3n) is 5.54. The number of nitriles is 1. The Morgan fingerprint density at radius 3 is 2.90 bits per heavy atom. The molecule has 10 heteroatoms. The fourth-order valence-electron chi connectivity index (χ4n) is 4.04. The molecular weight excluding hydrogens is 384 g/mol. The highest BCUT2D eigenvalue weighted by Gasteiger charge is 2.26. The van der Waals surface area contributed by atoms with E-state index in [-0.39, 0.29) is 24.1 Å². The molecular formula is C20H18N8O2. The third kappa shape index (κ3) is 2.91. The minimum Gasteiger partial charge on any atom is -0.342 e. The number of piperidine rings is 1. The van der Waals surface area contributed by atoms with Gasteiger partial charge in [0.25, 0.3) is 0 Å². The number of carbonyl (C=O) groups excluding carboxylic acids is 1. The van der Waals surface area contributed by atoms with E-state index < -0.39 is 0 Å². The van der Waals surface area contributed by atoms with Gasteiger partial charge in [0.2, 0.25) is 5.91 Å². The van der Waals surface area contributed by atoms with Gasteiger partial charge in [0.1, 0.15) is 11.9 Å². The van der Waals surface area contributed by atoms with Crippen LogP contribution in [0.3, 0.4) is 0 Å². The standard InChI is InChI=1S/C20H18N8O2/c21-7-4-17(29)26-9-5-13(6-10-26)28-19-15(24-20(28)30)12-22-18(25-19)14-11-23-27-8-2-1-3-16(14)27/h1-3,8,11-13H,4-6,9-10H2,(H,24,30). The number of nitrogens with zero attached hydrogens (tertiary/aromatic N) is 7. The number of nitrogens with one attached hydrogen (secondary N) is 1. The van der Waals surface area contributed by atoms with Gasteiger partial charge in [0.15, 0.2) is 11.5 Å². The number of aromatic nitrogens is 6. The number of H-pyrrole nitrogens is 1. The minimum absolute atomic E-state index is 0.0796. The maximum absolute atomic E-state index is 12.7. The van der Waals surface area contributed by atoms with Crippen molar-refractivity contribution in [2.45, 2.75) is 25.3 Å². The predicted molar refractivity (Wildman–Crippen MR) is 107 cm³/mol. The summed E-state index contributed by atoms with van der Waals surface area (Å²) in [6.07, 6.45) is 6.32. The van der Waals surface area contributed by atoms with Gasteiger partial charge in [-0.05, 0) is 25.0 Å². The summed E-state index contributed by atoms with van der Waals surface area (Å²) in [5.41, 5.74) is 2.55. The van der Waals surface area contributed by atoms with E-state index in [0.717, 1.165) is 11.1 Å². The van der Waals surface area contributed by atoms with E-state index in [9.17, 15) is 9.59 Å². The number of pyridine rings is 1. The van der Waals surface area contributed by atoms with E-state index in [1.807, 2.05) is 30.5 Å². The number of carbonyl (C=O) groups is 1. The van der Waals surface area contributed by atoms with Gasteiger partial charge in [-0.1, -0.05) is 6.07 Å². The lowest BCUT2D eigenvalue weighted by atomic mass is 10.0. The average Bonchev–Trinajstić information content (AvgIpc) is 3.34. The SMILES string of the molecule is N#CCC(=O)N1CCC(n2c(=O)[nH]c3cnc(-c4cnn5ccccc45)nc32)CC1. The molecule has 10 nitrogen and oxygen atoms in total. The molecule has 0 spiro atoms. The molecule has 1 aliphatic heterocycles. The van der Waals surface area contributed by atoms with E-state index in [2.05, 4.69) is 15.1 Å². The van der Waals surface area contributed by atoms with Gasteiger partial charge in [0, 0.05) is 25.3 Å². The topological polar surface area (TPSA) is 125 Å². The molecule has 0 radical (unpaired) electrons. The van der Waals surface area contributed by atoms with Crippen LogP contribution >= 0.6 is 0 Å². The lowest BCUT2D eigenvalue weighted by Gasteiger charge is -2.31. The molecule has 1 aliphatic rings. The summed E-state index contributed by atoms with van der Waals surface area (Å²) in [6, 6.07) is 7.57. The molecule has 0 aliphatic carbocycles. The number of hydrogen-bond donors (Lipinski definition) is 1. The average molecular weight is 402 g/mol. The van der Waals surface area contributed by atoms with Crippen LogP contribution in [0.1, 0.15) is 25.3 Å². The van der Waals surface area contributed by atoms with Gasteiger partial charge in [-0.3, -0.25) is 9.36 Å². The molecule has 1 fully saturated rings. The molecule has 1 saturated heterocycles. The maximum atomic E-state index is 12.7. The highest BCUT2D eigenvalue weighted by atomic mass is 16.2. The second kappa shape index (κ2) is 7.11. The molecule has 0 bridgehead atoms. The van der Waals surface area contributed by atoms with E-state index >= 15 is 0 Å². The van der Waals surface area contributed by atoms with Crippen molar-refractivity contribution in [1.82, 2.24) is 34.0 Å². The van der Waals surface area contributed by atoms with Crippen LogP contribution in [-0.4, -0.2) is 53.0 Å². The van der Waals surface area contributed by atoms with E-state index in [4.69, 9.17) is 10.2 Å². The lowest BCUT2D eigenvalue weighted by molar-refractivity contribution is -0.131. The Morgan fingerprint density at radius 1 is 1.27 bits per heavy atom. The fourth-order valence-corrected chi connectivity index (χ4v) is 4.04. The molecule has 30 heavy (non-hydrogen) atoms. The number of aromatic amines is 1. The van der Waals surface area contributed by atoms with Crippen molar-refractivity contribution < 1.29 is 4.79 Å². The van der Waals surface area contributed by atoms with Crippen LogP contribution in [0.25, 0.3) is 28.1 Å². The lowest BCUT2D eigenvalue weighted by Crippen LogP contribution is -2.40. The first-order valence-electron chi connectivity index (χ1n) is 9.70. The Balaban J connectivity index is 1.50. The Morgan fingerprint density at radius 2 is 2.10 bits per heavy atom. The zero-order valence-electron chi connectivity index (χ0n) is 16.0. The normalized spacial score (nSPS) is 15.0. The Labute approximate surface area is 170 Å². The van der Waals surface area contributed by atoms with Gasteiger partial charge in [-0.2, -0.15) is 10.4 Å². The predicted octanol–water partition coefficient (Wildman–Crippen LogP) is 1.51. The second-order valence-electron chi connectivity index (χ2n) is 7.27. The van der Waals surface area contributed by atoms with E-state index in [0.29, 0.717) is 42.9 Å². The van der Waals surface area contributed by atoms with Crippen LogP contribution in [-0.2, 0) is 4.79 Å². The van der Waals surface area contributed by atoms with Gasteiger partial charge >= 0.3 is 5.69 Å². The quantitative estimate of drug-likeness (QED) is 0.554. The molecule has 0 saturated carbocycles. The summed E-state index contributed by atoms with van der Waals surface area (Å²) in [5.74, 6) is 0.331. The van der Waals surface area contributed by atoms with Crippen molar-refractivity contribution in [3.63, 3.8) is 0 Å². The Kier molecular flexibility index (Phi) is 4.28. The highest BCUT2D eigenvalue weighted by Crippen LogP contribution is 2.26. The molecule has 0 atom stereocenters. The molecule has 1 amide bonds. The molecule has 4 aromatic rings. The van der Waals surface area contributed by atoms with E-state index in [1.54, 1.807) is 26.4 Å². The van der Waals surface area contributed by atoms with Gasteiger partial charge in [-0.15, -0.1) is 0 Å². The molecule has 5 heterocycles. The first kappa shape index (κ1) is 18.1. The van der Waals surface area contributed by atoms with Crippen molar-refractivity contribution in [1.29, 1.82) is 5.26 Å². The largest absolute Gasteiger partial charge is 0.342 e. The third-order valence-corrected chi connectivity index (χ3v) is 5.54. The van der Waals surface area contributed by atoms with E-state index in [1.165, 1.54) is 0 Å². The van der Waals surface area contributed by atoms with Crippen molar-refractivity contribution in [3.05, 3.63) is 47.3 Å². The molecule has 5 rings (SSSR count). The van der Waals surface area contributed by atoms with Crippen molar-refractivity contribution >= 4 is 22.6 Å². The molecule has 1 N–H and O–H groups in total. The number of fused-ring (bicyclic) bond motifs is 2. The Bertz CT molecular complexity index is 1350. The first-order chi connectivity index (χ1) is 14.7. The zero-order valence-corrected chi connectivity index (χ0v) is 16.0. The molecule has 0 aromatic carbocycles. The summed E-state index contributed by atoms with van der Waals surface area (Å²) in [4.78, 5) is 38.2. The molecule has 4 aromatic heterocycles. The van der Waals surface area contributed by atoms with Gasteiger partial charge in [0.05, 0.1) is 29.5 Å². The summed E-state index contributed by atoms with van der Waals surface area (Å²) < 4.78 is 3.42. The first-order valence-corrected chi connectivity index (χ1v) is 9.70. The summed E-state index contributed by atoms with van der Waals surface area (Å²) in [5, 5.41) is 13.1. The monoisotopic (exact) mass is 402 g/mol. The number of amides is 1. The zero-order chi connectivity index (χ0) is 20.7. The summed E-state index contributed by atoms with van der Waals surface area (Å²) in [6.45, 7) is 1.02. The van der Waals surface area contributed by atoms with Crippen LogP contribution in [0.4, 0.5) is 0 Å². The van der Waals surface area contributed by atoms with Crippen molar-refractivity contribution in [2.24, 2.45) is 0 Å². The number of imidazole rings is 1. The van der Waals surface area contributed by atoms with Crippen LogP contribution in [0.15, 0.2) is 41.6 Å².